The Morgan fingerprint density at radius 2 is 1.78 bits per heavy atom. The topological polar surface area (TPSA) is 50.3 Å². The van der Waals surface area contributed by atoms with Gasteiger partial charge >= 0.3 is 0 Å². The minimum absolute atomic E-state index is 0.0222. The van der Waals surface area contributed by atoms with Crippen LogP contribution in [0.3, 0.4) is 0 Å². The first-order valence-corrected chi connectivity index (χ1v) is 7.60. The molecule has 1 aromatic carbocycles. The highest BCUT2D eigenvalue weighted by atomic mass is 19.1. The van der Waals surface area contributed by atoms with Crippen LogP contribution >= 0.6 is 0 Å². The molecule has 1 unspecified atom stereocenters. The zero-order valence-electron chi connectivity index (χ0n) is 14.0. The summed E-state index contributed by atoms with van der Waals surface area (Å²) in [7, 11) is 3.97. The van der Waals surface area contributed by atoms with Gasteiger partial charge < -0.3 is 15.0 Å². The van der Waals surface area contributed by atoms with Gasteiger partial charge in [0.05, 0.1) is 12.1 Å². The monoisotopic (exact) mass is 318 g/mol. The summed E-state index contributed by atoms with van der Waals surface area (Å²) < 4.78 is 18.8. The lowest BCUT2D eigenvalue weighted by molar-refractivity contribution is 0.232. The summed E-state index contributed by atoms with van der Waals surface area (Å²) in [4.78, 5) is 10.6. The third-order valence-electron chi connectivity index (χ3n) is 3.35. The number of nitrogens with one attached hydrogen (secondary N) is 1. The first-order valence-electron chi connectivity index (χ1n) is 7.60. The molecule has 0 radical (unpaired) electrons. The van der Waals surface area contributed by atoms with Gasteiger partial charge in [-0.05, 0) is 45.6 Å². The van der Waals surface area contributed by atoms with Crippen LogP contribution in [0.15, 0.2) is 36.7 Å². The summed E-state index contributed by atoms with van der Waals surface area (Å²) in [6.07, 6.45) is 3.25. The van der Waals surface area contributed by atoms with Gasteiger partial charge in [0.2, 0.25) is 0 Å². The van der Waals surface area contributed by atoms with Crippen molar-refractivity contribution in [3.8, 4) is 5.88 Å². The van der Waals surface area contributed by atoms with Gasteiger partial charge in [-0.2, -0.15) is 0 Å². The van der Waals surface area contributed by atoms with E-state index in [1.54, 1.807) is 24.5 Å². The van der Waals surface area contributed by atoms with Gasteiger partial charge in [-0.25, -0.2) is 14.4 Å². The SMILES string of the molecule is CC(C)Oc1nccnc1NCC(c1ccc(F)cc1)N(C)C. The lowest BCUT2D eigenvalue weighted by Crippen LogP contribution is -2.27. The van der Waals surface area contributed by atoms with Crippen molar-refractivity contribution in [2.24, 2.45) is 0 Å². The Bertz CT molecular complexity index is 616. The Morgan fingerprint density at radius 3 is 2.39 bits per heavy atom. The van der Waals surface area contributed by atoms with Gasteiger partial charge in [0.15, 0.2) is 5.82 Å². The first kappa shape index (κ1) is 17.1. The van der Waals surface area contributed by atoms with Crippen LogP contribution in [0.25, 0.3) is 0 Å². The molecule has 0 fully saturated rings. The molecule has 2 rings (SSSR count). The maximum atomic E-state index is 13.1. The predicted octanol–water partition coefficient (Wildman–Crippen LogP) is 3.12. The molecule has 1 N–H and O–H groups in total. The second kappa shape index (κ2) is 7.87. The van der Waals surface area contributed by atoms with E-state index >= 15 is 0 Å². The average molecular weight is 318 g/mol. The highest BCUT2D eigenvalue weighted by molar-refractivity contribution is 5.45. The van der Waals surface area contributed by atoms with Crippen LogP contribution in [0, 0.1) is 5.82 Å². The molecule has 0 saturated carbocycles. The molecule has 0 aliphatic rings. The fourth-order valence-corrected chi connectivity index (χ4v) is 2.23. The molecule has 6 heteroatoms. The Labute approximate surface area is 136 Å². The number of nitrogens with zero attached hydrogens (tertiary/aromatic N) is 3. The van der Waals surface area contributed by atoms with E-state index in [2.05, 4.69) is 20.2 Å². The molecule has 1 atom stereocenters. The number of likely N-dealkylation sites (N-methyl/N-ethyl adjacent to an activating group) is 1. The Hall–Kier alpha value is -2.21. The van der Waals surface area contributed by atoms with Crippen LogP contribution in [0.2, 0.25) is 0 Å². The first-order chi connectivity index (χ1) is 11.0. The largest absolute Gasteiger partial charge is 0.472 e. The number of hydrogen-bond acceptors (Lipinski definition) is 5. The van der Waals surface area contributed by atoms with Crippen molar-refractivity contribution in [3.63, 3.8) is 0 Å². The Morgan fingerprint density at radius 1 is 1.13 bits per heavy atom. The van der Waals surface area contributed by atoms with Gasteiger partial charge in [0.1, 0.15) is 5.82 Å². The molecule has 2 aromatic rings. The Kier molecular flexibility index (Phi) is 5.87. The minimum Gasteiger partial charge on any atom is -0.472 e. The van der Waals surface area contributed by atoms with E-state index in [0.717, 1.165) is 5.56 Å². The molecule has 23 heavy (non-hydrogen) atoms. The maximum absolute atomic E-state index is 13.1. The number of aromatic nitrogens is 2. The smallest absolute Gasteiger partial charge is 0.257 e. The van der Waals surface area contributed by atoms with Crippen LogP contribution in [-0.4, -0.2) is 41.6 Å². The number of anilines is 1. The number of halogens is 1. The average Bonchev–Trinajstić information content (AvgIpc) is 2.50. The van der Waals surface area contributed by atoms with E-state index in [9.17, 15) is 4.39 Å². The fourth-order valence-electron chi connectivity index (χ4n) is 2.23. The van der Waals surface area contributed by atoms with Crippen LogP contribution in [0.5, 0.6) is 5.88 Å². The predicted molar refractivity (Wildman–Crippen MR) is 89.1 cm³/mol. The van der Waals surface area contributed by atoms with E-state index < -0.39 is 0 Å². The summed E-state index contributed by atoms with van der Waals surface area (Å²) >= 11 is 0. The normalized spacial score (nSPS) is 12.5. The molecular formula is C17H23FN4O. The lowest BCUT2D eigenvalue weighted by atomic mass is 10.1. The molecule has 1 heterocycles. The van der Waals surface area contributed by atoms with Crippen molar-refractivity contribution in [1.29, 1.82) is 0 Å². The third-order valence-corrected chi connectivity index (χ3v) is 3.35. The lowest BCUT2D eigenvalue weighted by Gasteiger charge is -2.25. The summed E-state index contributed by atoms with van der Waals surface area (Å²) in [6, 6.07) is 6.61. The van der Waals surface area contributed by atoms with Crippen molar-refractivity contribution in [1.82, 2.24) is 14.9 Å². The molecular weight excluding hydrogens is 295 g/mol. The van der Waals surface area contributed by atoms with Crippen LogP contribution in [0.1, 0.15) is 25.5 Å². The highest BCUT2D eigenvalue weighted by Crippen LogP contribution is 2.23. The number of hydrogen-bond donors (Lipinski definition) is 1. The van der Waals surface area contributed by atoms with Gasteiger partial charge in [-0.3, -0.25) is 0 Å². The zero-order chi connectivity index (χ0) is 16.8. The maximum Gasteiger partial charge on any atom is 0.257 e. The highest BCUT2D eigenvalue weighted by Gasteiger charge is 2.16. The molecule has 0 spiro atoms. The van der Waals surface area contributed by atoms with E-state index in [4.69, 9.17) is 4.74 Å². The summed E-state index contributed by atoms with van der Waals surface area (Å²) in [5, 5.41) is 3.28. The van der Waals surface area contributed by atoms with Gasteiger partial charge in [-0.15, -0.1) is 0 Å². The second-order valence-electron chi connectivity index (χ2n) is 5.79. The minimum atomic E-state index is -0.235. The molecule has 124 valence electrons. The summed E-state index contributed by atoms with van der Waals surface area (Å²) in [5.74, 6) is 0.857. The van der Waals surface area contributed by atoms with E-state index in [1.165, 1.54) is 12.1 Å². The quantitative estimate of drug-likeness (QED) is 0.850. The molecule has 0 saturated heterocycles. The summed E-state index contributed by atoms with van der Waals surface area (Å²) in [5.41, 5.74) is 1.03. The van der Waals surface area contributed by atoms with Crippen LogP contribution < -0.4 is 10.1 Å². The number of benzene rings is 1. The van der Waals surface area contributed by atoms with E-state index in [0.29, 0.717) is 18.2 Å². The van der Waals surface area contributed by atoms with Gasteiger partial charge in [-0.1, -0.05) is 12.1 Å². The van der Waals surface area contributed by atoms with Crippen molar-refractivity contribution in [2.75, 3.05) is 26.0 Å². The molecule has 5 nitrogen and oxygen atoms in total. The Balaban J connectivity index is 2.12. The van der Waals surface area contributed by atoms with Crippen molar-refractivity contribution in [2.45, 2.75) is 26.0 Å². The van der Waals surface area contributed by atoms with Crippen LogP contribution in [0.4, 0.5) is 10.2 Å². The molecule has 0 aliphatic heterocycles. The molecule has 0 bridgehead atoms. The molecule has 0 amide bonds. The third kappa shape index (κ3) is 4.89. The van der Waals surface area contributed by atoms with Crippen molar-refractivity contribution in [3.05, 3.63) is 48.0 Å². The second-order valence-corrected chi connectivity index (χ2v) is 5.79. The van der Waals surface area contributed by atoms with E-state index in [-0.39, 0.29) is 18.0 Å². The number of ether oxygens (including phenoxy) is 1. The standard InChI is InChI=1S/C17H23FN4O/c1-12(2)23-17-16(19-9-10-20-17)21-11-15(22(3)4)13-5-7-14(18)8-6-13/h5-10,12,15H,11H2,1-4H3,(H,19,21). The van der Waals surface area contributed by atoms with Gasteiger partial charge in [0.25, 0.3) is 5.88 Å². The van der Waals surface area contributed by atoms with Crippen molar-refractivity contribution < 1.29 is 9.13 Å². The van der Waals surface area contributed by atoms with Crippen molar-refractivity contribution >= 4 is 5.82 Å². The molecule has 1 aromatic heterocycles. The van der Waals surface area contributed by atoms with E-state index in [1.807, 2.05) is 27.9 Å². The zero-order valence-corrected chi connectivity index (χ0v) is 14.0. The van der Waals surface area contributed by atoms with Gasteiger partial charge in [0, 0.05) is 18.9 Å². The number of rotatable bonds is 7. The summed E-state index contributed by atoms with van der Waals surface area (Å²) in [6.45, 7) is 4.49. The molecule has 0 aliphatic carbocycles. The van der Waals surface area contributed by atoms with Crippen LogP contribution in [-0.2, 0) is 0 Å². The fraction of sp³-hybridized carbons (Fsp3) is 0.412.